The van der Waals surface area contributed by atoms with Crippen LogP contribution < -0.4 is 10.2 Å². The molecule has 2 aromatic rings. The number of aromatic hydroxyl groups is 1. The summed E-state index contributed by atoms with van der Waals surface area (Å²) in [5, 5.41) is 25.5. The number of ether oxygens (including phenoxy) is 1. The molecule has 0 heterocycles. The minimum absolute atomic E-state index is 0.0159. The average Bonchev–Trinajstić information content (AvgIpc) is 2.74. The summed E-state index contributed by atoms with van der Waals surface area (Å²) in [6, 6.07) is 8.30. The Kier molecular flexibility index (Phi) is 8.34. The van der Waals surface area contributed by atoms with E-state index in [-0.39, 0.29) is 29.4 Å². The topological polar surface area (TPSA) is 134 Å². The maximum absolute atomic E-state index is 12.6. The zero-order valence-corrected chi connectivity index (χ0v) is 18.4. The molecule has 0 saturated heterocycles. The monoisotopic (exact) mass is 450 g/mol. The standard InChI is InChI=1S/C20H26N4O6S/c1-4-11-30-16-8-7-15(20(25)12-16)14-21-22-18-10-9-17(13-19(18)24(26)27)31(28,29)23(5-2)6-3/h7-10,12-14,22,25H,4-6,11H2,1-3H3. The van der Waals surface area contributed by atoms with Gasteiger partial charge in [-0.25, -0.2) is 8.42 Å². The highest BCUT2D eigenvalue weighted by molar-refractivity contribution is 7.89. The van der Waals surface area contributed by atoms with Gasteiger partial charge in [0.1, 0.15) is 17.2 Å². The molecule has 10 nitrogen and oxygen atoms in total. The summed E-state index contributed by atoms with van der Waals surface area (Å²) in [5.74, 6) is 0.458. The van der Waals surface area contributed by atoms with E-state index in [1.807, 2.05) is 6.92 Å². The van der Waals surface area contributed by atoms with E-state index in [0.717, 1.165) is 12.5 Å². The van der Waals surface area contributed by atoms with E-state index in [1.54, 1.807) is 26.0 Å². The molecule has 11 heteroatoms. The van der Waals surface area contributed by atoms with Gasteiger partial charge in [-0.15, -0.1) is 0 Å². The van der Waals surface area contributed by atoms with Gasteiger partial charge in [0.2, 0.25) is 10.0 Å². The molecular formula is C20H26N4O6S. The molecular weight excluding hydrogens is 424 g/mol. The average molecular weight is 451 g/mol. The zero-order chi connectivity index (χ0) is 23.0. The van der Waals surface area contributed by atoms with Crippen LogP contribution in [-0.4, -0.2) is 48.7 Å². The van der Waals surface area contributed by atoms with Crippen LogP contribution in [0, 0.1) is 10.1 Å². The molecule has 0 bridgehead atoms. The first-order valence-electron chi connectivity index (χ1n) is 9.78. The SMILES string of the molecule is CCCOc1ccc(C=NNc2ccc(S(=O)(=O)N(CC)CC)cc2[N+](=O)[O-])c(O)c1. The van der Waals surface area contributed by atoms with Crippen LogP contribution in [0.25, 0.3) is 0 Å². The summed E-state index contributed by atoms with van der Waals surface area (Å²) in [6.45, 7) is 6.39. The normalized spacial score (nSPS) is 11.7. The Morgan fingerprint density at radius 1 is 1.19 bits per heavy atom. The van der Waals surface area contributed by atoms with Gasteiger partial charge in [-0.3, -0.25) is 15.5 Å². The third-order valence-electron chi connectivity index (χ3n) is 4.37. The van der Waals surface area contributed by atoms with Crippen LogP contribution >= 0.6 is 0 Å². The Morgan fingerprint density at radius 3 is 2.48 bits per heavy atom. The van der Waals surface area contributed by atoms with E-state index in [1.165, 1.54) is 28.7 Å². The van der Waals surface area contributed by atoms with Crippen molar-refractivity contribution in [1.29, 1.82) is 0 Å². The molecule has 2 rings (SSSR count). The summed E-state index contributed by atoms with van der Waals surface area (Å²) in [6.07, 6.45) is 2.13. The molecule has 0 saturated carbocycles. The number of sulfonamides is 1. The number of phenolic OH excluding ortho intramolecular Hbond substituents is 1. The Hall–Kier alpha value is -3.18. The summed E-state index contributed by atoms with van der Waals surface area (Å²) < 4.78 is 31.9. The molecule has 2 aromatic carbocycles. The van der Waals surface area contributed by atoms with Crippen molar-refractivity contribution in [2.45, 2.75) is 32.1 Å². The van der Waals surface area contributed by atoms with Crippen LogP contribution in [0.3, 0.4) is 0 Å². The predicted molar refractivity (Wildman–Crippen MR) is 118 cm³/mol. The lowest BCUT2D eigenvalue weighted by atomic mass is 10.2. The first-order valence-corrected chi connectivity index (χ1v) is 11.2. The molecule has 0 unspecified atom stereocenters. The fourth-order valence-corrected chi connectivity index (χ4v) is 4.22. The number of nitrogens with one attached hydrogen (secondary N) is 1. The van der Waals surface area contributed by atoms with Crippen LogP contribution in [0.15, 0.2) is 46.4 Å². The van der Waals surface area contributed by atoms with Crippen molar-refractivity contribution in [3.63, 3.8) is 0 Å². The van der Waals surface area contributed by atoms with Gasteiger partial charge in [-0.2, -0.15) is 9.41 Å². The van der Waals surface area contributed by atoms with E-state index in [4.69, 9.17) is 4.74 Å². The molecule has 0 fully saturated rings. The number of phenols is 1. The summed E-state index contributed by atoms with van der Waals surface area (Å²) in [5.41, 5.74) is 2.49. The van der Waals surface area contributed by atoms with Gasteiger partial charge in [0.25, 0.3) is 5.69 Å². The lowest BCUT2D eigenvalue weighted by Gasteiger charge is -2.18. The highest BCUT2D eigenvalue weighted by Gasteiger charge is 2.25. The number of nitro groups is 1. The number of benzene rings is 2. The molecule has 2 N–H and O–H groups in total. The third kappa shape index (κ3) is 5.92. The smallest absolute Gasteiger partial charge is 0.295 e. The highest BCUT2D eigenvalue weighted by atomic mass is 32.2. The van der Waals surface area contributed by atoms with Crippen molar-refractivity contribution >= 4 is 27.6 Å². The Labute approximate surface area is 181 Å². The lowest BCUT2D eigenvalue weighted by molar-refractivity contribution is -0.384. The first-order chi connectivity index (χ1) is 14.7. The molecule has 0 spiro atoms. The molecule has 168 valence electrons. The summed E-state index contributed by atoms with van der Waals surface area (Å²) >= 11 is 0. The minimum Gasteiger partial charge on any atom is -0.507 e. The van der Waals surface area contributed by atoms with Gasteiger partial charge in [0.05, 0.1) is 22.6 Å². The van der Waals surface area contributed by atoms with E-state index < -0.39 is 20.6 Å². The summed E-state index contributed by atoms with van der Waals surface area (Å²) in [7, 11) is -3.84. The number of hydrogen-bond acceptors (Lipinski definition) is 8. The molecule has 0 aliphatic heterocycles. The molecule has 0 amide bonds. The highest BCUT2D eigenvalue weighted by Crippen LogP contribution is 2.29. The second-order valence-electron chi connectivity index (χ2n) is 6.46. The number of nitrogens with zero attached hydrogens (tertiary/aromatic N) is 3. The second kappa shape index (κ2) is 10.7. The van der Waals surface area contributed by atoms with Gasteiger partial charge in [-0.05, 0) is 30.7 Å². The van der Waals surface area contributed by atoms with Crippen LogP contribution in [-0.2, 0) is 10.0 Å². The second-order valence-corrected chi connectivity index (χ2v) is 8.40. The molecule has 0 radical (unpaired) electrons. The van der Waals surface area contributed by atoms with Crippen LogP contribution in [0.4, 0.5) is 11.4 Å². The number of rotatable bonds is 11. The number of anilines is 1. The molecule has 0 aliphatic carbocycles. The Morgan fingerprint density at radius 2 is 1.90 bits per heavy atom. The van der Waals surface area contributed by atoms with Crippen LogP contribution in [0.5, 0.6) is 11.5 Å². The van der Waals surface area contributed by atoms with Crippen molar-refractivity contribution < 1.29 is 23.2 Å². The van der Waals surface area contributed by atoms with E-state index in [9.17, 15) is 23.6 Å². The van der Waals surface area contributed by atoms with E-state index in [2.05, 4.69) is 10.5 Å². The van der Waals surface area contributed by atoms with Gasteiger partial charge in [0.15, 0.2) is 0 Å². The fraction of sp³-hybridized carbons (Fsp3) is 0.350. The lowest BCUT2D eigenvalue weighted by Crippen LogP contribution is -2.30. The summed E-state index contributed by atoms with van der Waals surface area (Å²) in [4.78, 5) is 10.6. The van der Waals surface area contributed by atoms with Gasteiger partial charge in [0, 0.05) is 30.8 Å². The largest absolute Gasteiger partial charge is 0.507 e. The number of hydrazone groups is 1. The van der Waals surface area contributed by atoms with Crippen molar-refractivity contribution in [1.82, 2.24) is 4.31 Å². The van der Waals surface area contributed by atoms with Crippen molar-refractivity contribution in [2.24, 2.45) is 5.10 Å². The molecule has 31 heavy (non-hydrogen) atoms. The third-order valence-corrected chi connectivity index (χ3v) is 6.42. The van der Waals surface area contributed by atoms with Crippen molar-refractivity contribution in [3.8, 4) is 11.5 Å². The predicted octanol–water partition coefficient (Wildman–Crippen LogP) is 3.57. The fourth-order valence-electron chi connectivity index (χ4n) is 2.74. The molecule has 0 atom stereocenters. The van der Waals surface area contributed by atoms with E-state index >= 15 is 0 Å². The van der Waals surface area contributed by atoms with Gasteiger partial charge in [-0.1, -0.05) is 20.8 Å². The first kappa shape index (κ1) is 24.1. The molecule has 0 aliphatic rings. The maximum Gasteiger partial charge on any atom is 0.295 e. The zero-order valence-electron chi connectivity index (χ0n) is 17.6. The maximum atomic E-state index is 12.6. The van der Waals surface area contributed by atoms with Gasteiger partial charge < -0.3 is 9.84 Å². The van der Waals surface area contributed by atoms with Crippen molar-refractivity contribution in [2.75, 3.05) is 25.1 Å². The minimum atomic E-state index is -3.84. The Balaban J connectivity index is 2.25. The number of hydrogen-bond donors (Lipinski definition) is 2. The van der Waals surface area contributed by atoms with Crippen LogP contribution in [0.2, 0.25) is 0 Å². The van der Waals surface area contributed by atoms with Crippen molar-refractivity contribution in [3.05, 3.63) is 52.1 Å². The van der Waals surface area contributed by atoms with Crippen LogP contribution in [0.1, 0.15) is 32.8 Å². The quantitative estimate of drug-likeness (QED) is 0.304. The van der Waals surface area contributed by atoms with Gasteiger partial charge >= 0.3 is 0 Å². The van der Waals surface area contributed by atoms with E-state index in [0.29, 0.717) is 17.9 Å². The Bertz CT molecular complexity index is 1050. The number of nitro benzene ring substituents is 1. The molecule has 0 aromatic heterocycles.